The van der Waals surface area contributed by atoms with Gasteiger partial charge in [-0.3, -0.25) is 4.99 Å². The van der Waals surface area contributed by atoms with Crippen molar-refractivity contribution in [3.05, 3.63) is 23.9 Å². The lowest BCUT2D eigenvalue weighted by atomic mass is 9.96. The molecule has 24 heavy (non-hydrogen) atoms. The first-order valence-corrected chi connectivity index (χ1v) is 9.02. The minimum absolute atomic E-state index is 0. The molecule has 2 heterocycles. The van der Waals surface area contributed by atoms with Crippen LogP contribution in [0.4, 0.5) is 5.82 Å². The van der Waals surface area contributed by atoms with Gasteiger partial charge >= 0.3 is 0 Å². The summed E-state index contributed by atoms with van der Waals surface area (Å²) < 4.78 is 0. The molecule has 3 rings (SSSR count). The van der Waals surface area contributed by atoms with E-state index in [1.54, 1.807) is 0 Å². The number of rotatable bonds is 4. The van der Waals surface area contributed by atoms with Crippen molar-refractivity contribution in [3.8, 4) is 0 Å². The van der Waals surface area contributed by atoms with Gasteiger partial charge < -0.3 is 15.5 Å². The molecule has 6 heteroatoms. The lowest BCUT2D eigenvalue weighted by Crippen LogP contribution is -2.43. The molecule has 0 atom stereocenters. The monoisotopic (exact) mass is 443 g/mol. The molecule has 1 saturated carbocycles. The van der Waals surface area contributed by atoms with Crippen LogP contribution in [0.5, 0.6) is 0 Å². The Bertz CT molecular complexity index is 522. The van der Waals surface area contributed by atoms with Gasteiger partial charge in [-0.1, -0.05) is 19.3 Å². The van der Waals surface area contributed by atoms with E-state index in [9.17, 15) is 0 Å². The van der Waals surface area contributed by atoms with Gasteiger partial charge in [0, 0.05) is 38.9 Å². The number of hydrogen-bond acceptors (Lipinski definition) is 3. The Morgan fingerprint density at radius 2 is 1.96 bits per heavy atom. The van der Waals surface area contributed by atoms with Crippen LogP contribution in [0.15, 0.2) is 23.3 Å². The van der Waals surface area contributed by atoms with Crippen LogP contribution in [0.3, 0.4) is 0 Å². The third kappa shape index (κ3) is 5.50. The predicted octanol–water partition coefficient (Wildman–Crippen LogP) is 3.30. The van der Waals surface area contributed by atoms with Gasteiger partial charge in [-0.2, -0.15) is 0 Å². The van der Waals surface area contributed by atoms with Crippen molar-refractivity contribution in [2.45, 2.75) is 57.5 Å². The highest BCUT2D eigenvalue weighted by molar-refractivity contribution is 14.0. The Balaban J connectivity index is 0.00000208. The van der Waals surface area contributed by atoms with Gasteiger partial charge in [-0.05, 0) is 43.4 Å². The SMILES string of the molecule is CN=C(NCc1ccnc(N2CCCC2)c1)NC1CCCCC1.I. The number of anilines is 1. The van der Waals surface area contributed by atoms with E-state index in [1.807, 2.05) is 13.2 Å². The van der Waals surface area contributed by atoms with E-state index < -0.39 is 0 Å². The third-order valence-corrected chi connectivity index (χ3v) is 4.87. The predicted molar refractivity (Wildman–Crippen MR) is 111 cm³/mol. The summed E-state index contributed by atoms with van der Waals surface area (Å²) in [6, 6.07) is 4.86. The largest absolute Gasteiger partial charge is 0.357 e. The lowest BCUT2D eigenvalue weighted by molar-refractivity contribution is 0.410. The summed E-state index contributed by atoms with van der Waals surface area (Å²) in [6.07, 6.45) is 11.0. The molecular formula is C18H30IN5. The summed E-state index contributed by atoms with van der Waals surface area (Å²) in [7, 11) is 1.85. The second-order valence-corrected chi connectivity index (χ2v) is 6.62. The first kappa shape index (κ1) is 19.3. The fourth-order valence-corrected chi connectivity index (χ4v) is 3.51. The van der Waals surface area contributed by atoms with Crippen molar-refractivity contribution in [3.63, 3.8) is 0 Å². The molecule has 1 aromatic rings. The van der Waals surface area contributed by atoms with Crippen molar-refractivity contribution in [1.29, 1.82) is 0 Å². The Morgan fingerprint density at radius 3 is 2.67 bits per heavy atom. The second-order valence-electron chi connectivity index (χ2n) is 6.62. The van der Waals surface area contributed by atoms with Crippen molar-refractivity contribution < 1.29 is 0 Å². The van der Waals surface area contributed by atoms with E-state index in [4.69, 9.17) is 0 Å². The average molecular weight is 443 g/mol. The molecule has 1 aliphatic heterocycles. The van der Waals surface area contributed by atoms with Crippen LogP contribution >= 0.6 is 24.0 Å². The molecule has 0 bridgehead atoms. The maximum Gasteiger partial charge on any atom is 0.191 e. The molecule has 1 aromatic heterocycles. The summed E-state index contributed by atoms with van der Waals surface area (Å²) >= 11 is 0. The number of halogens is 1. The lowest BCUT2D eigenvalue weighted by Gasteiger charge is -2.25. The van der Waals surface area contributed by atoms with Gasteiger partial charge in [-0.25, -0.2) is 4.98 Å². The molecule has 134 valence electrons. The van der Waals surface area contributed by atoms with Crippen molar-refractivity contribution >= 4 is 35.8 Å². The van der Waals surface area contributed by atoms with Crippen molar-refractivity contribution in [2.75, 3.05) is 25.0 Å². The number of nitrogens with one attached hydrogen (secondary N) is 2. The van der Waals surface area contributed by atoms with E-state index in [0.717, 1.165) is 31.4 Å². The first-order chi connectivity index (χ1) is 11.3. The molecule has 2 N–H and O–H groups in total. The van der Waals surface area contributed by atoms with E-state index >= 15 is 0 Å². The Labute approximate surface area is 162 Å². The quantitative estimate of drug-likeness (QED) is 0.426. The van der Waals surface area contributed by atoms with E-state index in [0.29, 0.717) is 6.04 Å². The van der Waals surface area contributed by atoms with E-state index in [2.05, 4.69) is 37.6 Å². The summed E-state index contributed by atoms with van der Waals surface area (Å²) in [5, 5.41) is 7.00. The van der Waals surface area contributed by atoms with Gasteiger partial charge in [0.05, 0.1) is 0 Å². The molecular weight excluding hydrogens is 413 g/mol. The smallest absolute Gasteiger partial charge is 0.191 e. The topological polar surface area (TPSA) is 52.6 Å². The third-order valence-electron chi connectivity index (χ3n) is 4.87. The van der Waals surface area contributed by atoms with Gasteiger partial charge in [0.1, 0.15) is 5.82 Å². The van der Waals surface area contributed by atoms with Gasteiger partial charge in [0.15, 0.2) is 5.96 Å². The van der Waals surface area contributed by atoms with Crippen LogP contribution in [0.1, 0.15) is 50.5 Å². The molecule has 0 radical (unpaired) electrons. The maximum absolute atomic E-state index is 4.51. The molecule has 0 spiro atoms. The standard InChI is InChI=1S/C18H29N5.HI/c1-19-18(22-16-7-3-2-4-8-16)21-14-15-9-10-20-17(13-15)23-11-5-6-12-23;/h9-10,13,16H,2-8,11-12,14H2,1H3,(H2,19,21,22);1H. The number of pyridine rings is 1. The second kappa shape index (κ2) is 10.1. The zero-order valence-electron chi connectivity index (χ0n) is 14.6. The van der Waals surface area contributed by atoms with Crippen LogP contribution in [0.25, 0.3) is 0 Å². The number of aliphatic imine (C=N–C) groups is 1. The summed E-state index contributed by atoms with van der Waals surface area (Å²) in [6.45, 7) is 3.05. The average Bonchev–Trinajstić information content (AvgIpc) is 3.14. The molecule has 1 aliphatic carbocycles. The Hall–Kier alpha value is -1.05. The normalized spacial score (nSPS) is 19.0. The van der Waals surface area contributed by atoms with Crippen LogP contribution < -0.4 is 15.5 Å². The van der Waals surface area contributed by atoms with Crippen LogP contribution in [-0.2, 0) is 6.54 Å². The molecule has 0 unspecified atom stereocenters. The van der Waals surface area contributed by atoms with Crippen molar-refractivity contribution in [2.24, 2.45) is 4.99 Å². The summed E-state index contributed by atoms with van der Waals surface area (Å²) in [5.41, 5.74) is 1.26. The molecule has 2 fully saturated rings. The van der Waals surface area contributed by atoms with Crippen LogP contribution in [-0.4, -0.2) is 37.1 Å². The van der Waals surface area contributed by atoms with Gasteiger partial charge in [0.25, 0.3) is 0 Å². The van der Waals surface area contributed by atoms with Crippen LogP contribution in [0, 0.1) is 0 Å². The van der Waals surface area contributed by atoms with Gasteiger partial charge in [0.2, 0.25) is 0 Å². The zero-order valence-corrected chi connectivity index (χ0v) is 17.0. The molecule has 0 amide bonds. The Kier molecular flexibility index (Phi) is 8.08. The highest BCUT2D eigenvalue weighted by Gasteiger charge is 2.15. The number of guanidine groups is 1. The number of aromatic nitrogens is 1. The first-order valence-electron chi connectivity index (χ1n) is 9.02. The molecule has 2 aliphatic rings. The number of hydrogen-bond donors (Lipinski definition) is 2. The fourth-order valence-electron chi connectivity index (χ4n) is 3.51. The highest BCUT2D eigenvalue weighted by atomic mass is 127. The molecule has 1 saturated heterocycles. The Morgan fingerprint density at radius 1 is 1.21 bits per heavy atom. The van der Waals surface area contributed by atoms with Crippen molar-refractivity contribution in [1.82, 2.24) is 15.6 Å². The summed E-state index contributed by atoms with van der Waals surface area (Å²) in [5.74, 6) is 2.02. The highest BCUT2D eigenvalue weighted by Crippen LogP contribution is 2.19. The maximum atomic E-state index is 4.51. The zero-order chi connectivity index (χ0) is 15.9. The molecule has 5 nitrogen and oxygen atoms in total. The number of nitrogens with zero attached hydrogens (tertiary/aromatic N) is 3. The van der Waals surface area contributed by atoms with Crippen LogP contribution in [0.2, 0.25) is 0 Å². The fraction of sp³-hybridized carbons (Fsp3) is 0.667. The van der Waals surface area contributed by atoms with E-state index in [1.165, 1.54) is 50.5 Å². The minimum atomic E-state index is 0. The summed E-state index contributed by atoms with van der Waals surface area (Å²) in [4.78, 5) is 11.3. The van der Waals surface area contributed by atoms with Gasteiger partial charge in [-0.15, -0.1) is 24.0 Å². The minimum Gasteiger partial charge on any atom is -0.357 e. The van der Waals surface area contributed by atoms with E-state index in [-0.39, 0.29) is 24.0 Å². The molecule has 0 aromatic carbocycles.